The third-order valence-corrected chi connectivity index (χ3v) is 3.72. The van der Waals surface area contributed by atoms with Gasteiger partial charge in [-0.3, -0.25) is 0 Å². The Morgan fingerprint density at radius 1 is 1.29 bits per heavy atom. The molecule has 0 heterocycles. The van der Waals surface area contributed by atoms with Crippen molar-refractivity contribution in [2.24, 2.45) is 0 Å². The molecule has 5 nitrogen and oxygen atoms in total. The van der Waals surface area contributed by atoms with Gasteiger partial charge in [0.15, 0.2) is 0 Å². The van der Waals surface area contributed by atoms with E-state index in [0.29, 0.717) is 16.3 Å². The summed E-state index contributed by atoms with van der Waals surface area (Å²) in [5.41, 5.74) is 2.05. The SMILES string of the molecule is CC(O)CNC(=O)Nc1ccc(C(C#N)c2ccccc2)c(Cl)c1. The lowest BCUT2D eigenvalue weighted by Gasteiger charge is -2.14. The number of carbonyl (C=O) groups excluding carboxylic acids is 1. The van der Waals surface area contributed by atoms with E-state index in [1.165, 1.54) is 0 Å². The Bertz CT molecular complexity index is 742. The molecule has 24 heavy (non-hydrogen) atoms. The number of amides is 2. The molecular weight excluding hydrogens is 326 g/mol. The summed E-state index contributed by atoms with van der Waals surface area (Å²) >= 11 is 6.30. The molecule has 0 aromatic heterocycles. The minimum Gasteiger partial charge on any atom is -0.392 e. The smallest absolute Gasteiger partial charge is 0.319 e. The van der Waals surface area contributed by atoms with Gasteiger partial charge in [-0.2, -0.15) is 5.26 Å². The van der Waals surface area contributed by atoms with Crippen LogP contribution in [0.4, 0.5) is 10.5 Å². The van der Waals surface area contributed by atoms with Gasteiger partial charge in [0.05, 0.1) is 18.1 Å². The Kier molecular flexibility index (Phi) is 6.19. The Balaban J connectivity index is 2.15. The summed E-state index contributed by atoms with van der Waals surface area (Å²) < 4.78 is 0. The van der Waals surface area contributed by atoms with Crippen LogP contribution in [0.2, 0.25) is 5.02 Å². The molecule has 2 unspecified atom stereocenters. The van der Waals surface area contributed by atoms with Gasteiger partial charge in [-0.15, -0.1) is 0 Å². The van der Waals surface area contributed by atoms with Crippen LogP contribution in [0.25, 0.3) is 0 Å². The van der Waals surface area contributed by atoms with Gasteiger partial charge in [-0.1, -0.05) is 48.0 Å². The summed E-state index contributed by atoms with van der Waals surface area (Å²) in [5, 5.41) is 24.2. The van der Waals surface area contributed by atoms with Crippen LogP contribution in [0.1, 0.15) is 24.0 Å². The molecule has 2 amide bonds. The zero-order valence-corrected chi connectivity index (χ0v) is 13.9. The molecule has 0 radical (unpaired) electrons. The first kappa shape index (κ1) is 17.8. The summed E-state index contributed by atoms with van der Waals surface area (Å²) in [7, 11) is 0. The first-order valence-electron chi connectivity index (χ1n) is 7.48. The zero-order valence-electron chi connectivity index (χ0n) is 13.2. The number of urea groups is 1. The number of hydrogen-bond acceptors (Lipinski definition) is 3. The van der Waals surface area contributed by atoms with Gasteiger partial charge in [-0.25, -0.2) is 4.79 Å². The molecule has 0 saturated carbocycles. The number of carbonyl (C=O) groups is 1. The highest BCUT2D eigenvalue weighted by molar-refractivity contribution is 6.31. The van der Waals surface area contributed by atoms with Crippen molar-refractivity contribution in [1.82, 2.24) is 5.32 Å². The fraction of sp³-hybridized carbons (Fsp3) is 0.222. The van der Waals surface area contributed by atoms with Gasteiger partial charge in [-0.05, 0) is 30.2 Å². The third kappa shape index (κ3) is 4.72. The van der Waals surface area contributed by atoms with Gasteiger partial charge in [0, 0.05) is 17.3 Å². The minimum absolute atomic E-state index is 0.155. The molecule has 0 aliphatic carbocycles. The highest BCUT2D eigenvalue weighted by Crippen LogP contribution is 2.31. The Morgan fingerprint density at radius 3 is 2.58 bits per heavy atom. The Labute approximate surface area is 145 Å². The normalized spacial score (nSPS) is 12.8. The summed E-state index contributed by atoms with van der Waals surface area (Å²) in [4.78, 5) is 11.7. The second-order valence-electron chi connectivity index (χ2n) is 5.39. The molecule has 2 rings (SSSR count). The second kappa shape index (κ2) is 8.34. The summed E-state index contributed by atoms with van der Waals surface area (Å²) in [6.07, 6.45) is -0.621. The van der Waals surface area contributed by atoms with Gasteiger partial charge in [0.2, 0.25) is 0 Å². The number of nitriles is 1. The number of hydrogen-bond donors (Lipinski definition) is 3. The Hall–Kier alpha value is -2.55. The molecule has 3 N–H and O–H groups in total. The van der Waals surface area contributed by atoms with Gasteiger partial charge < -0.3 is 15.7 Å². The van der Waals surface area contributed by atoms with E-state index in [1.807, 2.05) is 30.3 Å². The lowest BCUT2D eigenvalue weighted by Crippen LogP contribution is -2.34. The monoisotopic (exact) mass is 343 g/mol. The molecule has 0 spiro atoms. The average molecular weight is 344 g/mol. The second-order valence-corrected chi connectivity index (χ2v) is 5.80. The molecular formula is C18H18ClN3O2. The van der Waals surface area contributed by atoms with Crippen molar-refractivity contribution in [3.8, 4) is 6.07 Å². The zero-order chi connectivity index (χ0) is 17.5. The fourth-order valence-electron chi connectivity index (χ4n) is 2.22. The largest absolute Gasteiger partial charge is 0.392 e. The number of nitrogens with one attached hydrogen (secondary N) is 2. The van der Waals surface area contributed by atoms with Crippen LogP contribution in [0, 0.1) is 11.3 Å². The maximum atomic E-state index is 11.7. The number of nitrogens with zero attached hydrogens (tertiary/aromatic N) is 1. The molecule has 0 saturated heterocycles. The van der Waals surface area contributed by atoms with E-state index in [0.717, 1.165) is 5.56 Å². The van der Waals surface area contributed by atoms with Crippen molar-refractivity contribution < 1.29 is 9.90 Å². The van der Waals surface area contributed by atoms with Crippen molar-refractivity contribution in [3.05, 3.63) is 64.7 Å². The molecule has 0 aliphatic heterocycles. The maximum Gasteiger partial charge on any atom is 0.319 e. The number of aliphatic hydroxyl groups is 1. The molecule has 2 atom stereocenters. The fourth-order valence-corrected chi connectivity index (χ4v) is 2.51. The lowest BCUT2D eigenvalue weighted by molar-refractivity contribution is 0.190. The minimum atomic E-state index is -0.621. The average Bonchev–Trinajstić information content (AvgIpc) is 2.56. The van der Waals surface area contributed by atoms with Crippen molar-refractivity contribution in [2.45, 2.75) is 18.9 Å². The number of anilines is 1. The van der Waals surface area contributed by atoms with E-state index in [-0.39, 0.29) is 6.54 Å². The van der Waals surface area contributed by atoms with Crippen LogP contribution < -0.4 is 10.6 Å². The number of benzene rings is 2. The van der Waals surface area contributed by atoms with Crippen LogP contribution in [0.5, 0.6) is 0 Å². The van der Waals surface area contributed by atoms with Crippen LogP contribution in [0.15, 0.2) is 48.5 Å². The van der Waals surface area contributed by atoms with Crippen molar-refractivity contribution >= 4 is 23.3 Å². The molecule has 0 fully saturated rings. The van der Waals surface area contributed by atoms with E-state index in [9.17, 15) is 10.1 Å². The van der Waals surface area contributed by atoms with E-state index >= 15 is 0 Å². The van der Waals surface area contributed by atoms with E-state index in [4.69, 9.17) is 16.7 Å². The van der Waals surface area contributed by atoms with E-state index < -0.39 is 18.1 Å². The molecule has 2 aromatic carbocycles. The van der Waals surface area contributed by atoms with E-state index in [2.05, 4.69) is 16.7 Å². The predicted octanol–water partition coefficient (Wildman–Crippen LogP) is 3.50. The van der Waals surface area contributed by atoms with Crippen molar-refractivity contribution in [2.75, 3.05) is 11.9 Å². The molecule has 0 bridgehead atoms. The summed E-state index contributed by atoms with van der Waals surface area (Å²) in [5.74, 6) is -0.475. The summed E-state index contributed by atoms with van der Waals surface area (Å²) in [6, 6.07) is 16.2. The van der Waals surface area contributed by atoms with E-state index in [1.54, 1.807) is 25.1 Å². The quantitative estimate of drug-likeness (QED) is 0.776. The number of halogens is 1. The molecule has 2 aromatic rings. The Morgan fingerprint density at radius 2 is 2.00 bits per heavy atom. The summed E-state index contributed by atoms with van der Waals surface area (Å²) in [6.45, 7) is 1.74. The van der Waals surface area contributed by atoms with Crippen LogP contribution in [-0.4, -0.2) is 23.8 Å². The van der Waals surface area contributed by atoms with Crippen LogP contribution in [0.3, 0.4) is 0 Å². The van der Waals surface area contributed by atoms with Crippen molar-refractivity contribution in [3.63, 3.8) is 0 Å². The molecule has 124 valence electrons. The number of aliphatic hydroxyl groups excluding tert-OH is 1. The topological polar surface area (TPSA) is 85.2 Å². The molecule has 0 aliphatic rings. The number of rotatable bonds is 5. The van der Waals surface area contributed by atoms with Crippen LogP contribution >= 0.6 is 11.6 Å². The highest BCUT2D eigenvalue weighted by Gasteiger charge is 2.17. The van der Waals surface area contributed by atoms with Gasteiger partial charge >= 0.3 is 6.03 Å². The van der Waals surface area contributed by atoms with Gasteiger partial charge in [0.25, 0.3) is 0 Å². The van der Waals surface area contributed by atoms with Crippen molar-refractivity contribution in [1.29, 1.82) is 5.26 Å². The first-order valence-corrected chi connectivity index (χ1v) is 7.86. The maximum absolute atomic E-state index is 11.7. The van der Waals surface area contributed by atoms with Crippen LogP contribution in [-0.2, 0) is 0 Å². The third-order valence-electron chi connectivity index (χ3n) is 3.39. The first-order chi connectivity index (χ1) is 11.5. The lowest BCUT2D eigenvalue weighted by atomic mass is 9.92. The predicted molar refractivity (Wildman–Crippen MR) is 94.1 cm³/mol. The highest BCUT2D eigenvalue weighted by atomic mass is 35.5. The molecule has 6 heteroatoms. The standard InChI is InChI=1S/C18H18ClN3O2/c1-12(23)11-21-18(24)22-14-7-8-15(17(19)9-14)16(10-20)13-5-3-2-4-6-13/h2-9,12,16,23H,11H2,1H3,(H2,21,22,24). The van der Waals surface area contributed by atoms with Gasteiger partial charge in [0.1, 0.15) is 0 Å².